The minimum absolute atomic E-state index is 0.118. The van der Waals surface area contributed by atoms with Crippen LogP contribution in [0.25, 0.3) is 0 Å². The van der Waals surface area contributed by atoms with Crippen LogP contribution >= 0.6 is 0 Å². The second kappa shape index (κ2) is 8.30. The molecule has 0 aromatic heterocycles. The molecule has 1 saturated heterocycles. The van der Waals surface area contributed by atoms with Gasteiger partial charge >= 0.3 is 0 Å². The van der Waals surface area contributed by atoms with E-state index in [9.17, 15) is 25.5 Å². The molecular formula is C22H26O7. The average Bonchev–Trinajstić information content (AvgIpc) is 2.74. The molecule has 2 heterocycles. The van der Waals surface area contributed by atoms with Crippen LogP contribution in [0.1, 0.15) is 34.8 Å². The summed E-state index contributed by atoms with van der Waals surface area (Å²) in [5.41, 5.74) is 3.38. The van der Waals surface area contributed by atoms with Crippen molar-refractivity contribution in [3.8, 4) is 11.5 Å². The van der Waals surface area contributed by atoms with Crippen LogP contribution in [0.2, 0.25) is 0 Å². The van der Waals surface area contributed by atoms with E-state index in [4.69, 9.17) is 9.47 Å². The van der Waals surface area contributed by atoms with Crippen LogP contribution in [0.4, 0.5) is 0 Å². The van der Waals surface area contributed by atoms with Gasteiger partial charge in [-0.25, -0.2) is 0 Å². The van der Waals surface area contributed by atoms with Crippen molar-refractivity contribution >= 4 is 0 Å². The normalized spacial score (nSPS) is 29.2. The fraction of sp³-hybridized carbons (Fsp3) is 0.455. The van der Waals surface area contributed by atoms with Crippen LogP contribution < -0.4 is 4.74 Å². The smallest absolute Gasteiger partial charge is 0.122 e. The maximum atomic E-state index is 10.4. The summed E-state index contributed by atoms with van der Waals surface area (Å²) in [5, 5.41) is 50.1. The molecule has 0 amide bonds. The number of fused-ring (bicyclic) bond motifs is 1. The molecule has 156 valence electrons. The number of benzene rings is 2. The molecule has 0 spiro atoms. The van der Waals surface area contributed by atoms with E-state index in [1.165, 1.54) is 6.07 Å². The van der Waals surface area contributed by atoms with Crippen molar-refractivity contribution in [2.45, 2.75) is 49.8 Å². The third kappa shape index (κ3) is 3.97. The van der Waals surface area contributed by atoms with Crippen LogP contribution in [-0.4, -0.2) is 63.2 Å². The molecular weight excluding hydrogens is 376 g/mol. The maximum absolute atomic E-state index is 10.4. The number of ether oxygens (including phenoxy) is 2. The molecule has 0 saturated carbocycles. The van der Waals surface area contributed by atoms with E-state index in [1.54, 1.807) is 12.1 Å². The molecule has 0 aliphatic carbocycles. The first-order valence-electron chi connectivity index (χ1n) is 9.85. The number of phenolic OH excluding ortho intramolecular Hbond substituents is 1. The SMILES string of the molecule is OC[C@H]1O[C@@H](c2ccc(O)c(Cc3ccc4c(c3)CCCO4)c2)[C@H](O)[C@@H](O)[C@@H]1O. The summed E-state index contributed by atoms with van der Waals surface area (Å²) in [7, 11) is 0. The Kier molecular flexibility index (Phi) is 5.76. The maximum Gasteiger partial charge on any atom is 0.122 e. The molecule has 2 aromatic carbocycles. The first kappa shape index (κ1) is 20.1. The molecule has 7 nitrogen and oxygen atoms in total. The van der Waals surface area contributed by atoms with Crippen molar-refractivity contribution in [2.24, 2.45) is 0 Å². The summed E-state index contributed by atoms with van der Waals surface area (Å²) in [6.45, 7) is 0.248. The fourth-order valence-electron chi connectivity index (χ4n) is 4.04. The van der Waals surface area contributed by atoms with Crippen LogP contribution in [0, 0.1) is 0 Å². The van der Waals surface area contributed by atoms with Gasteiger partial charge in [0.2, 0.25) is 0 Å². The van der Waals surface area contributed by atoms with Crippen LogP contribution in [0.15, 0.2) is 36.4 Å². The molecule has 5 atom stereocenters. The third-order valence-corrected chi connectivity index (χ3v) is 5.69. The Hall–Kier alpha value is -2.16. The lowest BCUT2D eigenvalue weighted by Crippen LogP contribution is -2.55. The summed E-state index contributed by atoms with van der Waals surface area (Å²) in [6.07, 6.45) is -3.69. The number of rotatable bonds is 4. The third-order valence-electron chi connectivity index (χ3n) is 5.69. The van der Waals surface area contributed by atoms with Crippen LogP contribution in [-0.2, 0) is 17.6 Å². The Labute approximate surface area is 168 Å². The van der Waals surface area contributed by atoms with Crippen molar-refractivity contribution in [1.29, 1.82) is 0 Å². The van der Waals surface area contributed by atoms with E-state index in [2.05, 4.69) is 6.07 Å². The Morgan fingerprint density at radius 2 is 1.79 bits per heavy atom. The Morgan fingerprint density at radius 1 is 0.966 bits per heavy atom. The van der Waals surface area contributed by atoms with Gasteiger partial charge < -0.3 is 35.0 Å². The van der Waals surface area contributed by atoms with Gasteiger partial charge in [-0.05, 0) is 53.3 Å². The molecule has 0 radical (unpaired) electrons. The van der Waals surface area contributed by atoms with Crippen molar-refractivity contribution in [3.05, 3.63) is 58.7 Å². The summed E-state index contributed by atoms with van der Waals surface area (Å²) in [4.78, 5) is 0. The average molecular weight is 402 g/mol. The lowest BCUT2D eigenvalue weighted by molar-refractivity contribution is -0.231. The quantitative estimate of drug-likeness (QED) is 0.514. The molecule has 0 bridgehead atoms. The van der Waals surface area contributed by atoms with Crippen molar-refractivity contribution in [3.63, 3.8) is 0 Å². The lowest BCUT2D eigenvalue weighted by Gasteiger charge is -2.40. The number of hydrogen-bond acceptors (Lipinski definition) is 7. The first-order chi connectivity index (χ1) is 14.0. The zero-order valence-corrected chi connectivity index (χ0v) is 15.9. The molecule has 2 aromatic rings. The van der Waals surface area contributed by atoms with E-state index in [1.807, 2.05) is 12.1 Å². The Balaban J connectivity index is 1.59. The van der Waals surface area contributed by atoms with Gasteiger partial charge in [-0.1, -0.05) is 18.2 Å². The number of aliphatic hydroxyl groups is 4. The minimum atomic E-state index is -1.44. The topological polar surface area (TPSA) is 120 Å². The Bertz CT molecular complexity index is 866. The van der Waals surface area contributed by atoms with Crippen molar-refractivity contribution in [2.75, 3.05) is 13.2 Å². The second-order valence-corrected chi connectivity index (χ2v) is 7.71. The van der Waals surface area contributed by atoms with E-state index in [-0.39, 0.29) is 5.75 Å². The zero-order chi connectivity index (χ0) is 20.5. The number of hydrogen-bond donors (Lipinski definition) is 5. The molecule has 5 N–H and O–H groups in total. The molecule has 7 heteroatoms. The van der Waals surface area contributed by atoms with E-state index >= 15 is 0 Å². The summed E-state index contributed by atoms with van der Waals surface area (Å²) in [6, 6.07) is 10.8. The standard InChI is InChI=1S/C22H26O7/c23-11-18-19(25)20(26)21(27)22(29-18)14-4-5-16(24)15(10-14)9-12-3-6-17-13(8-12)2-1-7-28-17/h3-6,8,10,18-27H,1-2,7,9,11H2/t18-,19-,20+,21-,22+/m1/s1. The van der Waals surface area contributed by atoms with Gasteiger partial charge in [-0.2, -0.15) is 0 Å². The summed E-state index contributed by atoms with van der Waals surface area (Å²) < 4.78 is 11.3. The van der Waals surface area contributed by atoms with Crippen molar-refractivity contribution < 1.29 is 35.0 Å². The Morgan fingerprint density at radius 3 is 2.59 bits per heavy atom. The minimum Gasteiger partial charge on any atom is -0.508 e. The number of aliphatic hydroxyl groups excluding tert-OH is 4. The molecule has 2 aliphatic rings. The lowest BCUT2D eigenvalue weighted by atomic mass is 9.89. The number of phenols is 1. The van der Waals surface area contributed by atoms with Gasteiger partial charge in [0.05, 0.1) is 13.2 Å². The largest absolute Gasteiger partial charge is 0.508 e. The second-order valence-electron chi connectivity index (χ2n) is 7.71. The monoisotopic (exact) mass is 402 g/mol. The predicted octanol–water partition coefficient (Wildman–Crippen LogP) is 0.823. The number of aryl methyl sites for hydroxylation is 1. The zero-order valence-electron chi connectivity index (χ0n) is 15.9. The molecule has 1 fully saturated rings. The molecule has 4 rings (SSSR count). The van der Waals surface area contributed by atoms with E-state index < -0.39 is 37.1 Å². The molecule has 2 aliphatic heterocycles. The fourth-order valence-corrected chi connectivity index (χ4v) is 4.04. The first-order valence-corrected chi connectivity index (χ1v) is 9.85. The molecule has 0 unspecified atom stereocenters. The van der Waals surface area contributed by atoms with Gasteiger partial charge in [0.25, 0.3) is 0 Å². The highest BCUT2D eigenvalue weighted by Crippen LogP contribution is 2.35. The van der Waals surface area contributed by atoms with Gasteiger partial charge in [0, 0.05) is 6.42 Å². The number of aromatic hydroxyl groups is 1. The van der Waals surface area contributed by atoms with Gasteiger partial charge in [0.15, 0.2) is 0 Å². The predicted molar refractivity (Wildman–Crippen MR) is 104 cm³/mol. The summed E-state index contributed by atoms with van der Waals surface area (Å²) in [5.74, 6) is 1.02. The highest BCUT2D eigenvalue weighted by molar-refractivity contribution is 5.44. The van der Waals surface area contributed by atoms with Crippen LogP contribution in [0.5, 0.6) is 11.5 Å². The van der Waals surface area contributed by atoms with E-state index in [0.717, 1.165) is 36.3 Å². The van der Waals surface area contributed by atoms with E-state index in [0.29, 0.717) is 17.5 Å². The highest BCUT2D eigenvalue weighted by Gasteiger charge is 2.44. The molecule has 29 heavy (non-hydrogen) atoms. The van der Waals surface area contributed by atoms with Crippen LogP contribution in [0.3, 0.4) is 0 Å². The van der Waals surface area contributed by atoms with Gasteiger partial charge in [0.1, 0.15) is 42.0 Å². The summed E-state index contributed by atoms with van der Waals surface area (Å²) >= 11 is 0. The van der Waals surface area contributed by atoms with Gasteiger partial charge in [-0.15, -0.1) is 0 Å². The highest BCUT2D eigenvalue weighted by atomic mass is 16.5. The van der Waals surface area contributed by atoms with Crippen molar-refractivity contribution in [1.82, 2.24) is 0 Å². The van der Waals surface area contributed by atoms with Gasteiger partial charge in [-0.3, -0.25) is 0 Å².